The Morgan fingerprint density at radius 3 is 2.58 bits per heavy atom. The van der Waals surface area contributed by atoms with E-state index in [1.807, 2.05) is 13.8 Å². The molecule has 0 radical (unpaired) electrons. The van der Waals surface area contributed by atoms with Gasteiger partial charge in [-0.2, -0.15) is 0 Å². The standard InChI is InChI=1S/C13H18BrNO3S/c1-13(2,10-4-5-10)15-19(17,18)12-7-9(8-16)3-6-11(12)14/h3,6-7,10,15-16H,4-5,8H2,1-2H3. The van der Waals surface area contributed by atoms with Gasteiger partial charge >= 0.3 is 0 Å². The predicted molar refractivity (Wildman–Crippen MR) is 77.2 cm³/mol. The van der Waals surface area contributed by atoms with E-state index >= 15 is 0 Å². The fourth-order valence-electron chi connectivity index (χ4n) is 2.14. The second-order valence-electron chi connectivity index (χ2n) is 5.52. The van der Waals surface area contributed by atoms with Gasteiger partial charge in [0.15, 0.2) is 0 Å². The highest BCUT2D eigenvalue weighted by atomic mass is 79.9. The summed E-state index contributed by atoms with van der Waals surface area (Å²) in [6.07, 6.45) is 2.13. The molecule has 0 bridgehead atoms. The van der Waals surface area contributed by atoms with E-state index in [-0.39, 0.29) is 11.5 Å². The molecule has 0 unspecified atom stereocenters. The summed E-state index contributed by atoms with van der Waals surface area (Å²) in [7, 11) is -3.59. The molecule has 0 atom stereocenters. The van der Waals surface area contributed by atoms with Crippen LogP contribution in [0.25, 0.3) is 0 Å². The molecule has 0 aliphatic heterocycles. The van der Waals surface area contributed by atoms with Gasteiger partial charge in [-0.15, -0.1) is 0 Å². The summed E-state index contributed by atoms with van der Waals surface area (Å²) in [6.45, 7) is 3.64. The minimum absolute atomic E-state index is 0.174. The highest BCUT2D eigenvalue weighted by molar-refractivity contribution is 9.10. The SMILES string of the molecule is CC(C)(NS(=O)(=O)c1cc(CO)ccc1Br)C1CC1. The molecule has 19 heavy (non-hydrogen) atoms. The molecule has 0 heterocycles. The summed E-state index contributed by atoms with van der Waals surface area (Å²) in [6, 6.07) is 4.83. The molecule has 0 saturated heterocycles. The fraction of sp³-hybridized carbons (Fsp3) is 0.538. The van der Waals surface area contributed by atoms with Gasteiger partial charge in [0.2, 0.25) is 10.0 Å². The summed E-state index contributed by atoms with van der Waals surface area (Å²) in [4.78, 5) is 0.174. The van der Waals surface area contributed by atoms with Crippen molar-refractivity contribution in [2.45, 2.75) is 43.7 Å². The summed E-state index contributed by atoms with van der Waals surface area (Å²) in [5.41, 5.74) is 0.140. The Bertz CT molecular complexity index is 580. The summed E-state index contributed by atoms with van der Waals surface area (Å²) >= 11 is 3.25. The molecule has 106 valence electrons. The van der Waals surface area contributed by atoms with Crippen LogP contribution in [0.15, 0.2) is 27.6 Å². The van der Waals surface area contributed by atoms with E-state index in [1.165, 1.54) is 6.07 Å². The van der Waals surface area contributed by atoms with E-state index in [9.17, 15) is 8.42 Å². The Morgan fingerprint density at radius 1 is 1.42 bits per heavy atom. The first-order valence-corrected chi connectivity index (χ1v) is 8.47. The van der Waals surface area contributed by atoms with Gasteiger partial charge in [0.05, 0.1) is 11.5 Å². The Balaban J connectivity index is 2.33. The molecule has 1 aliphatic carbocycles. The number of sulfonamides is 1. The van der Waals surface area contributed by atoms with E-state index in [0.29, 0.717) is 16.0 Å². The average molecular weight is 348 g/mol. The average Bonchev–Trinajstić information content (AvgIpc) is 3.12. The van der Waals surface area contributed by atoms with Crippen molar-refractivity contribution in [2.24, 2.45) is 5.92 Å². The second-order valence-corrected chi connectivity index (χ2v) is 8.03. The van der Waals surface area contributed by atoms with Gasteiger partial charge in [-0.1, -0.05) is 6.07 Å². The first-order valence-electron chi connectivity index (χ1n) is 6.19. The van der Waals surface area contributed by atoms with Crippen molar-refractivity contribution >= 4 is 26.0 Å². The monoisotopic (exact) mass is 347 g/mol. The lowest BCUT2D eigenvalue weighted by Crippen LogP contribution is -2.45. The summed E-state index contributed by atoms with van der Waals surface area (Å²) < 4.78 is 28.2. The number of halogens is 1. The van der Waals surface area contributed by atoms with Gasteiger partial charge in [-0.25, -0.2) is 13.1 Å². The number of hydrogen-bond donors (Lipinski definition) is 2. The third kappa shape index (κ3) is 3.37. The van der Waals surface area contributed by atoms with Crippen LogP contribution >= 0.6 is 15.9 Å². The first-order chi connectivity index (χ1) is 8.76. The number of aliphatic hydroxyl groups is 1. The molecule has 1 aromatic carbocycles. The van der Waals surface area contributed by atoms with Gasteiger partial charge in [0.1, 0.15) is 0 Å². The molecule has 1 aliphatic rings. The lowest BCUT2D eigenvalue weighted by atomic mass is 10.0. The minimum atomic E-state index is -3.59. The zero-order valence-electron chi connectivity index (χ0n) is 11.0. The van der Waals surface area contributed by atoms with Crippen molar-refractivity contribution < 1.29 is 13.5 Å². The van der Waals surface area contributed by atoms with Crippen molar-refractivity contribution in [1.29, 1.82) is 0 Å². The zero-order valence-corrected chi connectivity index (χ0v) is 13.4. The quantitative estimate of drug-likeness (QED) is 0.859. The van der Waals surface area contributed by atoms with Crippen LogP contribution in [0.2, 0.25) is 0 Å². The Morgan fingerprint density at radius 2 is 2.05 bits per heavy atom. The van der Waals surface area contributed by atoms with E-state index in [2.05, 4.69) is 20.7 Å². The van der Waals surface area contributed by atoms with E-state index in [1.54, 1.807) is 12.1 Å². The number of benzene rings is 1. The zero-order chi connectivity index (χ0) is 14.3. The van der Waals surface area contributed by atoms with Crippen LogP contribution in [0.5, 0.6) is 0 Å². The Hall–Kier alpha value is -0.430. The molecule has 0 spiro atoms. The lowest BCUT2D eigenvalue weighted by Gasteiger charge is -2.26. The lowest BCUT2D eigenvalue weighted by molar-refractivity contribution is 0.281. The Kier molecular flexibility index (Phi) is 4.07. The Labute approximate surface area is 122 Å². The molecule has 2 N–H and O–H groups in total. The van der Waals surface area contributed by atoms with Crippen LogP contribution in [-0.2, 0) is 16.6 Å². The molecule has 0 amide bonds. The maximum absolute atomic E-state index is 12.4. The molecular formula is C13H18BrNO3S. The highest BCUT2D eigenvalue weighted by Gasteiger charge is 2.40. The fourth-order valence-corrected chi connectivity index (χ4v) is 4.63. The van der Waals surface area contributed by atoms with E-state index in [4.69, 9.17) is 5.11 Å². The molecule has 1 fully saturated rings. The van der Waals surface area contributed by atoms with Crippen LogP contribution in [0.3, 0.4) is 0 Å². The van der Waals surface area contributed by atoms with Gasteiger partial charge in [-0.05, 0) is 66.2 Å². The van der Waals surface area contributed by atoms with Crippen LogP contribution in [-0.4, -0.2) is 19.1 Å². The maximum atomic E-state index is 12.4. The minimum Gasteiger partial charge on any atom is -0.392 e. The predicted octanol–water partition coefficient (Wildman–Crippen LogP) is 2.41. The van der Waals surface area contributed by atoms with Crippen molar-refractivity contribution in [2.75, 3.05) is 0 Å². The van der Waals surface area contributed by atoms with Crippen molar-refractivity contribution in [1.82, 2.24) is 4.72 Å². The number of nitrogens with one attached hydrogen (secondary N) is 1. The van der Waals surface area contributed by atoms with Gasteiger partial charge in [-0.3, -0.25) is 0 Å². The van der Waals surface area contributed by atoms with Crippen LogP contribution in [0.4, 0.5) is 0 Å². The second kappa shape index (κ2) is 5.16. The topological polar surface area (TPSA) is 66.4 Å². The molecule has 2 rings (SSSR count). The van der Waals surface area contributed by atoms with Gasteiger partial charge in [0, 0.05) is 10.0 Å². The normalized spacial score (nSPS) is 16.6. The molecule has 4 nitrogen and oxygen atoms in total. The summed E-state index contributed by atoms with van der Waals surface area (Å²) in [5, 5.41) is 9.12. The summed E-state index contributed by atoms with van der Waals surface area (Å²) in [5.74, 6) is 0.405. The maximum Gasteiger partial charge on any atom is 0.242 e. The third-order valence-electron chi connectivity index (χ3n) is 3.46. The molecule has 6 heteroatoms. The largest absolute Gasteiger partial charge is 0.392 e. The molecule has 0 aromatic heterocycles. The number of rotatable bonds is 5. The first kappa shape index (κ1) is 15.0. The molecule has 1 aromatic rings. The third-order valence-corrected chi connectivity index (χ3v) is 6.13. The number of hydrogen-bond acceptors (Lipinski definition) is 3. The van der Waals surface area contributed by atoms with Crippen molar-refractivity contribution in [3.8, 4) is 0 Å². The van der Waals surface area contributed by atoms with Crippen LogP contribution in [0.1, 0.15) is 32.3 Å². The van der Waals surface area contributed by atoms with Crippen LogP contribution < -0.4 is 4.72 Å². The molecule has 1 saturated carbocycles. The van der Waals surface area contributed by atoms with E-state index in [0.717, 1.165) is 12.8 Å². The smallest absolute Gasteiger partial charge is 0.242 e. The number of aliphatic hydroxyl groups excluding tert-OH is 1. The van der Waals surface area contributed by atoms with Gasteiger partial charge in [0.25, 0.3) is 0 Å². The van der Waals surface area contributed by atoms with Crippen molar-refractivity contribution in [3.63, 3.8) is 0 Å². The van der Waals surface area contributed by atoms with E-state index < -0.39 is 15.6 Å². The van der Waals surface area contributed by atoms with Gasteiger partial charge < -0.3 is 5.11 Å². The van der Waals surface area contributed by atoms with Crippen molar-refractivity contribution in [3.05, 3.63) is 28.2 Å². The van der Waals surface area contributed by atoms with Crippen LogP contribution in [0, 0.1) is 5.92 Å². The molecular weight excluding hydrogens is 330 g/mol. The highest BCUT2D eigenvalue weighted by Crippen LogP contribution is 2.40.